The molecule has 0 heterocycles. The summed E-state index contributed by atoms with van der Waals surface area (Å²) in [6.45, 7) is 12.0. The van der Waals surface area contributed by atoms with Crippen LogP contribution < -0.4 is 0 Å². The highest BCUT2D eigenvalue weighted by molar-refractivity contribution is 5.86. The van der Waals surface area contributed by atoms with Crippen molar-refractivity contribution < 1.29 is 14.3 Å². The predicted octanol–water partition coefficient (Wildman–Crippen LogP) is 3.47. The van der Waals surface area contributed by atoms with Crippen molar-refractivity contribution in [1.82, 2.24) is 0 Å². The second-order valence-electron chi connectivity index (χ2n) is 3.73. The number of rotatable bonds is 6. The minimum atomic E-state index is -0.357. The zero-order chi connectivity index (χ0) is 14.5. The van der Waals surface area contributed by atoms with E-state index in [0.29, 0.717) is 25.4 Å². The van der Waals surface area contributed by atoms with Gasteiger partial charge in [-0.25, -0.2) is 4.79 Å². The average molecular weight is 262 g/mol. The van der Waals surface area contributed by atoms with Crippen LogP contribution in [0.15, 0.2) is 49.1 Å². The van der Waals surface area contributed by atoms with Crippen molar-refractivity contribution in [3.8, 4) is 0 Å². The summed E-state index contributed by atoms with van der Waals surface area (Å²) in [7, 11) is 0. The molecule has 0 saturated carbocycles. The van der Waals surface area contributed by atoms with Crippen molar-refractivity contribution in [3.05, 3.63) is 54.6 Å². The summed E-state index contributed by atoms with van der Waals surface area (Å²) >= 11 is 0. The molecule has 1 rings (SSSR count). The third-order valence-electron chi connectivity index (χ3n) is 2.05. The summed E-state index contributed by atoms with van der Waals surface area (Å²) in [6, 6.07) is 10.0. The Bertz CT molecular complexity index is 382. The molecule has 3 nitrogen and oxygen atoms in total. The molecule has 0 aromatic heterocycles. The van der Waals surface area contributed by atoms with Gasteiger partial charge in [0, 0.05) is 12.2 Å². The first-order valence-corrected chi connectivity index (χ1v) is 6.19. The van der Waals surface area contributed by atoms with Gasteiger partial charge in [-0.05, 0) is 19.4 Å². The molecule has 1 aromatic carbocycles. The van der Waals surface area contributed by atoms with E-state index in [0.717, 1.165) is 0 Å². The van der Waals surface area contributed by atoms with Gasteiger partial charge in [-0.15, -0.1) is 0 Å². The molecule has 0 spiro atoms. The summed E-state index contributed by atoms with van der Waals surface area (Å²) < 4.78 is 9.70. The summed E-state index contributed by atoms with van der Waals surface area (Å²) in [5.74, 6) is -0.357. The van der Waals surface area contributed by atoms with Crippen LogP contribution in [0, 0.1) is 0 Å². The lowest BCUT2D eigenvalue weighted by atomic mass is 10.2. The van der Waals surface area contributed by atoms with Crippen LogP contribution in [-0.4, -0.2) is 25.8 Å². The Morgan fingerprint density at radius 1 is 1.26 bits per heavy atom. The lowest BCUT2D eigenvalue weighted by Gasteiger charge is -2.03. The summed E-state index contributed by atoms with van der Waals surface area (Å²) in [5, 5.41) is 0. The van der Waals surface area contributed by atoms with Gasteiger partial charge in [-0.3, -0.25) is 0 Å². The quantitative estimate of drug-likeness (QED) is 0.447. The van der Waals surface area contributed by atoms with Crippen LogP contribution in [-0.2, 0) is 14.3 Å². The van der Waals surface area contributed by atoms with E-state index in [9.17, 15) is 4.79 Å². The second-order valence-corrected chi connectivity index (χ2v) is 3.73. The highest BCUT2D eigenvalue weighted by Crippen LogP contribution is 1.97. The minimum absolute atomic E-state index is 0.305. The average Bonchev–Trinajstić information content (AvgIpc) is 2.45. The van der Waals surface area contributed by atoms with E-state index in [1.165, 1.54) is 5.56 Å². The molecule has 0 N–H and O–H groups in total. The van der Waals surface area contributed by atoms with Crippen LogP contribution in [0.4, 0.5) is 0 Å². The Morgan fingerprint density at radius 2 is 1.89 bits per heavy atom. The predicted molar refractivity (Wildman–Crippen MR) is 78.8 cm³/mol. The number of carbonyl (C=O) groups is 1. The number of carbonyl (C=O) groups excluding carboxylic acids is 1. The van der Waals surface area contributed by atoms with Crippen LogP contribution >= 0.6 is 0 Å². The van der Waals surface area contributed by atoms with Gasteiger partial charge in [0.15, 0.2) is 0 Å². The molecular formula is C16H22O3. The van der Waals surface area contributed by atoms with Crippen molar-refractivity contribution >= 4 is 12.0 Å². The molecule has 0 amide bonds. The van der Waals surface area contributed by atoms with E-state index >= 15 is 0 Å². The van der Waals surface area contributed by atoms with Crippen LogP contribution in [0.5, 0.6) is 0 Å². The van der Waals surface area contributed by atoms with Gasteiger partial charge in [-0.2, -0.15) is 0 Å². The fourth-order valence-corrected chi connectivity index (χ4v) is 1.05. The molecule has 3 heteroatoms. The fourth-order valence-electron chi connectivity index (χ4n) is 1.05. The van der Waals surface area contributed by atoms with E-state index in [4.69, 9.17) is 9.47 Å². The van der Waals surface area contributed by atoms with Gasteiger partial charge in [0.05, 0.1) is 6.61 Å². The number of benzene rings is 1. The first-order chi connectivity index (χ1) is 9.11. The lowest BCUT2D eigenvalue weighted by molar-refractivity contribution is -0.140. The summed E-state index contributed by atoms with van der Waals surface area (Å²) in [4.78, 5) is 10.7. The molecule has 104 valence electrons. The second kappa shape index (κ2) is 11.2. The van der Waals surface area contributed by atoms with Crippen LogP contribution in [0.2, 0.25) is 0 Å². The largest absolute Gasteiger partial charge is 0.460 e. The van der Waals surface area contributed by atoms with E-state index in [2.05, 4.69) is 13.2 Å². The van der Waals surface area contributed by atoms with Crippen molar-refractivity contribution in [2.24, 2.45) is 0 Å². The monoisotopic (exact) mass is 262 g/mol. The molecule has 1 aromatic rings. The van der Waals surface area contributed by atoms with E-state index in [-0.39, 0.29) is 5.97 Å². The number of ether oxygens (including phenoxy) is 2. The molecule has 0 unspecified atom stereocenters. The Balaban J connectivity index is 0.000000356. The Labute approximate surface area is 115 Å². The normalized spacial score (nSPS) is 8.95. The lowest BCUT2D eigenvalue weighted by Crippen LogP contribution is -2.10. The highest BCUT2D eigenvalue weighted by atomic mass is 16.6. The van der Waals surface area contributed by atoms with E-state index in [1.54, 1.807) is 6.92 Å². The van der Waals surface area contributed by atoms with Gasteiger partial charge in [0.25, 0.3) is 0 Å². The Morgan fingerprint density at radius 3 is 2.32 bits per heavy atom. The van der Waals surface area contributed by atoms with Crippen molar-refractivity contribution in [1.29, 1.82) is 0 Å². The van der Waals surface area contributed by atoms with E-state index in [1.807, 2.05) is 43.3 Å². The van der Waals surface area contributed by atoms with Crippen LogP contribution in [0.3, 0.4) is 0 Å². The number of hydrogen-bond donors (Lipinski definition) is 0. The van der Waals surface area contributed by atoms with Crippen molar-refractivity contribution in [2.45, 2.75) is 13.8 Å². The van der Waals surface area contributed by atoms with Crippen LogP contribution in [0.1, 0.15) is 19.4 Å². The first kappa shape index (κ1) is 17.1. The van der Waals surface area contributed by atoms with Gasteiger partial charge in [0.2, 0.25) is 0 Å². The fraction of sp³-hybridized carbons (Fsp3) is 0.312. The summed E-state index contributed by atoms with van der Waals surface area (Å²) in [5.41, 5.74) is 1.59. The topological polar surface area (TPSA) is 35.5 Å². The molecular weight excluding hydrogens is 240 g/mol. The van der Waals surface area contributed by atoms with Crippen molar-refractivity contribution in [3.63, 3.8) is 0 Å². The minimum Gasteiger partial charge on any atom is -0.460 e. The molecule has 0 bridgehead atoms. The SMILES string of the molecule is C=C(C)C(=O)OCCOCC.C=Cc1ccccc1. The maximum atomic E-state index is 10.7. The first-order valence-electron chi connectivity index (χ1n) is 6.19. The summed E-state index contributed by atoms with van der Waals surface area (Å²) in [6.07, 6.45) is 1.83. The molecule has 0 aliphatic heterocycles. The third-order valence-corrected chi connectivity index (χ3v) is 2.05. The number of esters is 1. The van der Waals surface area contributed by atoms with Gasteiger partial charge >= 0.3 is 5.97 Å². The molecule has 0 fully saturated rings. The van der Waals surface area contributed by atoms with Gasteiger partial charge < -0.3 is 9.47 Å². The standard InChI is InChI=1S/C8H14O3.C8H8/c1-4-10-5-6-11-8(9)7(2)3;1-2-8-6-4-3-5-7-8/h2,4-6H2,1,3H3;2-7H,1H2. The maximum absolute atomic E-state index is 10.7. The van der Waals surface area contributed by atoms with Crippen LogP contribution in [0.25, 0.3) is 6.08 Å². The number of hydrogen-bond acceptors (Lipinski definition) is 3. The van der Waals surface area contributed by atoms with Crippen molar-refractivity contribution in [2.75, 3.05) is 19.8 Å². The Hall–Kier alpha value is -1.87. The van der Waals surface area contributed by atoms with Gasteiger partial charge in [-0.1, -0.05) is 49.6 Å². The zero-order valence-electron chi connectivity index (χ0n) is 11.7. The third kappa shape index (κ3) is 9.80. The maximum Gasteiger partial charge on any atom is 0.333 e. The molecule has 0 atom stereocenters. The highest BCUT2D eigenvalue weighted by Gasteiger charge is 2.00. The molecule has 0 saturated heterocycles. The smallest absolute Gasteiger partial charge is 0.333 e. The molecule has 19 heavy (non-hydrogen) atoms. The molecule has 0 aliphatic carbocycles. The van der Waals surface area contributed by atoms with Gasteiger partial charge in [0.1, 0.15) is 6.61 Å². The Kier molecular flexibility index (Phi) is 10.1. The zero-order valence-corrected chi connectivity index (χ0v) is 11.7. The molecule has 0 radical (unpaired) electrons. The molecule has 0 aliphatic rings. The van der Waals surface area contributed by atoms with E-state index < -0.39 is 0 Å².